The van der Waals surface area contributed by atoms with Crippen LogP contribution < -0.4 is 10.6 Å². The molecule has 0 amide bonds. The average molecular weight is 195 g/mol. The number of rotatable bonds is 1. The second-order valence-electron chi connectivity index (χ2n) is 3.34. The van der Waals surface area contributed by atoms with Gasteiger partial charge < -0.3 is 4.74 Å². The van der Waals surface area contributed by atoms with E-state index in [1.54, 1.807) is 12.3 Å². The van der Waals surface area contributed by atoms with Crippen molar-refractivity contribution in [3.63, 3.8) is 0 Å². The molecule has 5 heteroatoms. The van der Waals surface area contributed by atoms with Crippen LogP contribution in [0.4, 0.5) is 0 Å². The van der Waals surface area contributed by atoms with Gasteiger partial charge in [0, 0.05) is 12.3 Å². The van der Waals surface area contributed by atoms with E-state index < -0.39 is 0 Å². The quantitative estimate of drug-likeness (QED) is 0.611. The fraction of sp³-hybridized carbons (Fsp3) is 0.556. The monoisotopic (exact) mass is 195 g/mol. The zero-order valence-electron chi connectivity index (χ0n) is 8.09. The number of ether oxygens (including phenoxy) is 1. The van der Waals surface area contributed by atoms with E-state index in [0.29, 0.717) is 19.8 Å². The molecule has 1 fully saturated rings. The van der Waals surface area contributed by atoms with Crippen LogP contribution in [0.5, 0.6) is 0 Å². The molecule has 1 saturated heterocycles. The third kappa shape index (κ3) is 1.63. The van der Waals surface area contributed by atoms with Crippen molar-refractivity contribution in [3.05, 3.63) is 28.7 Å². The molecule has 14 heavy (non-hydrogen) atoms. The minimum absolute atomic E-state index is 0.0961. The minimum Gasteiger partial charge on any atom is -0.377 e. The van der Waals surface area contributed by atoms with E-state index in [9.17, 15) is 4.79 Å². The summed E-state index contributed by atoms with van der Waals surface area (Å²) in [6.45, 7) is 4.01. The SMILES string of the molecule is CC1COCCN1n1ncccc1=O. The molecule has 2 rings (SSSR count). The van der Waals surface area contributed by atoms with Gasteiger partial charge >= 0.3 is 0 Å². The van der Waals surface area contributed by atoms with Gasteiger partial charge in [0.05, 0.1) is 25.8 Å². The standard InChI is InChI=1S/C9H13N3O2/c1-8-7-14-6-5-11(8)12-9(13)3-2-4-10-12/h2-4,8H,5-7H2,1H3. The van der Waals surface area contributed by atoms with Crippen LogP contribution in [0, 0.1) is 0 Å². The van der Waals surface area contributed by atoms with Crippen LogP contribution in [0.25, 0.3) is 0 Å². The highest BCUT2D eigenvalue weighted by Crippen LogP contribution is 2.01. The Morgan fingerprint density at radius 1 is 1.64 bits per heavy atom. The van der Waals surface area contributed by atoms with Crippen LogP contribution in [0.2, 0.25) is 0 Å². The Bertz CT molecular complexity index is 363. The summed E-state index contributed by atoms with van der Waals surface area (Å²) in [5.41, 5.74) is -0.0961. The number of aromatic nitrogens is 2. The maximum absolute atomic E-state index is 11.5. The summed E-state index contributed by atoms with van der Waals surface area (Å²) in [6.07, 6.45) is 1.61. The highest BCUT2D eigenvalue weighted by Gasteiger charge is 2.20. The minimum atomic E-state index is -0.0961. The molecular formula is C9H13N3O2. The Labute approximate surface area is 81.9 Å². The fourth-order valence-electron chi connectivity index (χ4n) is 1.54. The van der Waals surface area contributed by atoms with Crippen molar-refractivity contribution in [2.24, 2.45) is 0 Å². The van der Waals surface area contributed by atoms with Gasteiger partial charge in [-0.05, 0) is 13.0 Å². The van der Waals surface area contributed by atoms with Crippen molar-refractivity contribution in [2.45, 2.75) is 13.0 Å². The van der Waals surface area contributed by atoms with E-state index in [2.05, 4.69) is 5.10 Å². The predicted octanol–water partition coefficient (Wildman–Crippen LogP) is -0.400. The molecule has 1 atom stereocenters. The molecule has 76 valence electrons. The molecule has 0 bridgehead atoms. The van der Waals surface area contributed by atoms with E-state index >= 15 is 0 Å². The lowest BCUT2D eigenvalue weighted by Crippen LogP contribution is -2.54. The van der Waals surface area contributed by atoms with E-state index in [1.165, 1.54) is 10.9 Å². The van der Waals surface area contributed by atoms with Gasteiger partial charge in [-0.2, -0.15) is 5.10 Å². The largest absolute Gasteiger partial charge is 0.377 e. The number of morpholine rings is 1. The van der Waals surface area contributed by atoms with Crippen LogP contribution in [0.3, 0.4) is 0 Å². The molecule has 0 saturated carbocycles. The van der Waals surface area contributed by atoms with E-state index in [4.69, 9.17) is 4.74 Å². The third-order valence-electron chi connectivity index (χ3n) is 2.27. The smallest absolute Gasteiger partial charge is 0.286 e. The molecule has 1 aromatic heterocycles. The lowest BCUT2D eigenvalue weighted by atomic mass is 10.3. The van der Waals surface area contributed by atoms with Crippen molar-refractivity contribution < 1.29 is 4.74 Å². The average Bonchev–Trinajstić information content (AvgIpc) is 2.20. The molecule has 2 heterocycles. The topological polar surface area (TPSA) is 47.4 Å². The second-order valence-corrected chi connectivity index (χ2v) is 3.34. The van der Waals surface area contributed by atoms with Crippen molar-refractivity contribution in [1.82, 2.24) is 9.89 Å². The first-order valence-electron chi connectivity index (χ1n) is 4.68. The third-order valence-corrected chi connectivity index (χ3v) is 2.27. The summed E-state index contributed by atoms with van der Waals surface area (Å²) in [5, 5.41) is 5.95. The first kappa shape index (κ1) is 9.21. The summed E-state index contributed by atoms with van der Waals surface area (Å²) < 4.78 is 5.29. The van der Waals surface area contributed by atoms with Crippen LogP contribution in [0.1, 0.15) is 6.92 Å². The molecule has 1 aliphatic rings. The van der Waals surface area contributed by atoms with E-state index in [0.717, 1.165) is 0 Å². The summed E-state index contributed by atoms with van der Waals surface area (Å²) in [4.78, 5) is 12.9. The highest BCUT2D eigenvalue weighted by molar-refractivity contribution is 4.96. The van der Waals surface area contributed by atoms with Crippen LogP contribution in [-0.4, -0.2) is 35.7 Å². The second kappa shape index (κ2) is 3.79. The zero-order chi connectivity index (χ0) is 9.97. The molecule has 0 N–H and O–H groups in total. The number of hydrogen-bond acceptors (Lipinski definition) is 4. The lowest BCUT2D eigenvalue weighted by Gasteiger charge is -2.34. The Kier molecular flexibility index (Phi) is 2.49. The molecule has 0 aromatic carbocycles. The first-order chi connectivity index (χ1) is 6.79. The molecule has 5 nitrogen and oxygen atoms in total. The Morgan fingerprint density at radius 3 is 3.21 bits per heavy atom. The highest BCUT2D eigenvalue weighted by atomic mass is 16.5. The summed E-state index contributed by atoms with van der Waals surface area (Å²) in [5.74, 6) is 0. The van der Waals surface area contributed by atoms with Gasteiger partial charge in [-0.15, -0.1) is 4.79 Å². The van der Waals surface area contributed by atoms with Crippen LogP contribution in [0.15, 0.2) is 23.1 Å². The van der Waals surface area contributed by atoms with Gasteiger partial charge in [-0.25, -0.2) is 0 Å². The van der Waals surface area contributed by atoms with Crippen molar-refractivity contribution >= 4 is 0 Å². The van der Waals surface area contributed by atoms with Crippen LogP contribution in [-0.2, 0) is 4.74 Å². The lowest BCUT2D eigenvalue weighted by molar-refractivity contribution is 0.0817. The Hall–Kier alpha value is -1.36. The van der Waals surface area contributed by atoms with Gasteiger partial charge in [0.1, 0.15) is 0 Å². The predicted molar refractivity (Wildman–Crippen MR) is 51.9 cm³/mol. The molecular weight excluding hydrogens is 182 g/mol. The summed E-state index contributed by atoms with van der Waals surface area (Å²) in [7, 11) is 0. The normalized spacial score (nSPS) is 22.4. The Morgan fingerprint density at radius 2 is 2.50 bits per heavy atom. The molecule has 0 spiro atoms. The number of hydrogen-bond donors (Lipinski definition) is 0. The maximum Gasteiger partial charge on any atom is 0.286 e. The van der Waals surface area contributed by atoms with Crippen molar-refractivity contribution in [3.8, 4) is 0 Å². The molecule has 1 unspecified atom stereocenters. The van der Waals surface area contributed by atoms with Crippen LogP contribution >= 0.6 is 0 Å². The van der Waals surface area contributed by atoms with Crippen molar-refractivity contribution in [2.75, 3.05) is 24.8 Å². The van der Waals surface area contributed by atoms with Crippen molar-refractivity contribution in [1.29, 1.82) is 0 Å². The molecule has 1 aliphatic heterocycles. The van der Waals surface area contributed by atoms with Gasteiger partial charge in [-0.3, -0.25) is 9.80 Å². The van der Waals surface area contributed by atoms with Gasteiger partial charge in [0.15, 0.2) is 0 Å². The fourth-order valence-corrected chi connectivity index (χ4v) is 1.54. The Balaban J connectivity index is 2.29. The van der Waals surface area contributed by atoms with E-state index in [1.807, 2.05) is 11.9 Å². The molecule has 1 aromatic rings. The van der Waals surface area contributed by atoms with E-state index in [-0.39, 0.29) is 11.6 Å². The van der Waals surface area contributed by atoms with Gasteiger partial charge in [0.25, 0.3) is 5.56 Å². The van der Waals surface area contributed by atoms with Gasteiger partial charge in [-0.1, -0.05) is 0 Å². The maximum atomic E-state index is 11.5. The number of nitrogens with zero attached hydrogens (tertiary/aromatic N) is 3. The molecule has 0 radical (unpaired) electrons. The first-order valence-corrected chi connectivity index (χ1v) is 4.68. The summed E-state index contributed by atoms with van der Waals surface area (Å²) >= 11 is 0. The molecule has 0 aliphatic carbocycles. The summed E-state index contributed by atoms with van der Waals surface area (Å²) in [6, 6.07) is 3.34. The zero-order valence-corrected chi connectivity index (χ0v) is 8.09. The van der Waals surface area contributed by atoms with Gasteiger partial charge in [0.2, 0.25) is 0 Å².